The lowest BCUT2D eigenvalue weighted by Crippen LogP contribution is -2.23. The van der Waals surface area contributed by atoms with Crippen LogP contribution in [0.1, 0.15) is 18.3 Å². The maximum Gasteiger partial charge on any atom is 0.237 e. The fourth-order valence-corrected chi connectivity index (χ4v) is 2.55. The zero-order chi connectivity index (χ0) is 15.6. The topological polar surface area (TPSA) is 85.8 Å². The number of thioether (sulfide) groups is 1. The van der Waals surface area contributed by atoms with E-state index in [1.165, 1.54) is 16.4 Å². The minimum absolute atomic E-state index is 0.152. The van der Waals surface area contributed by atoms with Crippen molar-refractivity contribution in [3.8, 4) is 0 Å². The largest absolute Gasteiger partial charge is 0.336 e. The van der Waals surface area contributed by atoms with Crippen LogP contribution in [0.5, 0.6) is 0 Å². The first-order valence-electron chi connectivity index (χ1n) is 6.29. The first kappa shape index (κ1) is 15.7. The van der Waals surface area contributed by atoms with Crippen molar-refractivity contribution in [1.29, 1.82) is 0 Å². The Labute approximate surface area is 132 Å². The minimum atomic E-state index is -0.365. The molecule has 0 radical (unpaired) electrons. The molecule has 8 heteroatoms. The highest BCUT2D eigenvalue weighted by Gasteiger charge is 2.18. The van der Waals surface area contributed by atoms with E-state index in [-0.39, 0.29) is 11.2 Å². The van der Waals surface area contributed by atoms with Gasteiger partial charge >= 0.3 is 0 Å². The summed E-state index contributed by atoms with van der Waals surface area (Å²) in [5, 5.41) is 11.3. The highest BCUT2D eigenvalue weighted by Crippen LogP contribution is 2.23. The van der Waals surface area contributed by atoms with Crippen LogP contribution in [-0.2, 0) is 4.79 Å². The Bertz CT molecular complexity index is 673. The summed E-state index contributed by atoms with van der Waals surface area (Å²) in [5.41, 5.74) is 1.62. The lowest BCUT2D eigenvalue weighted by Gasteiger charge is -2.12. The van der Waals surface area contributed by atoms with Gasteiger partial charge in [-0.15, -0.1) is 10.2 Å². The summed E-state index contributed by atoms with van der Waals surface area (Å²) in [7, 11) is 0. The van der Waals surface area contributed by atoms with Gasteiger partial charge in [-0.3, -0.25) is 4.79 Å². The van der Waals surface area contributed by atoms with Gasteiger partial charge in [-0.1, -0.05) is 29.4 Å². The van der Waals surface area contributed by atoms with Gasteiger partial charge in [-0.2, -0.15) is 0 Å². The molecule has 2 rings (SSSR count). The number of nitrogens with one attached hydrogen (secondary N) is 1. The second-order valence-corrected chi connectivity index (χ2v) is 6.33. The van der Waals surface area contributed by atoms with Crippen LogP contribution < -0.4 is 11.2 Å². The number of aromatic nitrogens is 3. The summed E-state index contributed by atoms with van der Waals surface area (Å²) < 4.78 is 1.36. The summed E-state index contributed by atoms with van der Waals surface area (Å²) >= 11 is 7.28. The first-order chi connectivity index (χ1) is 9.88. The minimum Gasteiger partial charge on any atom is -0.336 e. The molecule has 21 heavy (non-hydrogen) atoms. The van der Waals surface area contributed by atoms with Crippen LogP contribution in [0.2, 0.25) is 5.02 Å². The molecule has 1 aromatic carbocycles. The Balaban J connectivity index is 2.02. The van der Waals surface area contributed by atoms with Gasteiger partial charge in [-0.25, -0.2) is 4.68 Å². The zero-order valence-electron chi connectivity index (χ0n) is 11.9. The number of rotatable bonds is 4. The number of nitrogens with zero attached hydrogens (tertiary/aromatic N) is 3. The zero-order valence-corrected chi connectivity index (χ0v) is 13.5. The molecule has 1 heterocycles. The van der Waals surface area contributed by atoms with E-state index < -0.39 is 0 Å². The number of nitrogen functional groups attached to an aromatic ring is 1. The molecule has 1 aromatic heterocycles. The number of carbonyl (C=O) groups is 1. The van der Waals surface area contributed by atoms with Crippen molar-refractivity contribution in [2.45, 2.75) is 31.2 Å². The van der Waals surface area contributed by atoms with Gasteiger partial charge in [0, 0.05) is 10.7 Å². The van der Waals surface area contributed by atoms with Gasteiger partial charge in [0.2, 0.25) is 11.1 Å². The van der Waals surface area contributed by atoms with Crippen molar-refractivity contribution < 1.29 is 4.79 Å². The van der Waals surface area contributed by atoms with E-state index in [0.717, 1.165) is 5.56 Å². The number of aryl methyl sites for hydroxylation is 2. The van der Waals surface area contributed by atoms with Gasteiger partial charge in [0.15, 0.2) is 0 Å². The molecule has 0 aliphatic heterocycles. The SMILES string of the molecule is Cc1ccc(NC(=O)[C@H](C)Sc2nnc(C)n2N)cc1Cl. The Morgan fingerprint density at radius 2 is 2.14 bits per heavy atom. The van der Waals surface area contributed by atoms with Crippen LogP contribution in [0.4, 0.5) is 5.69 Å². The van der Waals surface area contributed by atoms with E-state index in [2.05, 4.69) is 15.5 Å². The van der Waals surface area contributed by atoms with Gasteiger partial charge in [0.1, 0.15) is 5.82 Å². The molecule has 0 spiro atoms. The molecule has 2 aromatic rings. The smallest absolute Gasteiger partial charge is 0.237 e. The average Bonchev–Trinajstić information content (AvgIpc) is 2.75. The lowest BCUT2D eigenvalue weighted by molar-refractivity contribution is -0.115. The summed E-state index contributed by atoms with van der Waals surface area (Å²) in [6.45, 7) is 5.43. The lowest BCUT2D eigenvalue weighted by atomic mass is 10.2. The summed E-state index contributed by atoms with van der Waals surface area (Å²) in [4.78, 5) is 12.2. The number of anilines is 1. The summed E-state index contributed by atoms with van der Waals surface area (Å²) in [5.74, 6) is 6.20. The van der Waals surface area contributed by atoms with E-state index >= 15 is 0 Å². The predicted molar refractivity (Wildman–Crippen MR) is 85.0 cm³/mol. The fraction of sp³-hybridized carbons (Fsp3) is 0.308. The first-order valence-corrected chi connectivity index (χ1v) is 7.55. The number of nitrogens with two attached hydrogens (primary N) is 1. The molecule has 0 aliphatic rings. The second kappa shape index (κ2) is 6.36. The Kier molecular flexibility index (Phi) is 4.74. The number of benzene rings is 1. The number of hydrogen-bond donors (Lipinski definition) is 2. The van der Waals surface area contributed by atoms with Crippen LogP contribution in [0.15, 0.2) is 23.4 Å². The highest BCUT2D eigenvalue weighted by molar-refractivity contribution is 8.00. The Hall–Kier alpha value is -1.73. The van der Waals surface area contributed by atoms with Crippen molar-refractivity contribution in [3.05, 3.63) is 34.6 Å². The number of hydrogen-bond acceptors (Lipinski definition) is 5. The number of halogens is 1. The molecule has 0 bridgehead atoms. The second-order valence-electron chi connectivity index (χ2n) is 4.61. The summed E-state index contributed by atoms with van der Waals surface area (Å²) in [6, 6.07) is 5.39. The fourth-order valence-electron chi connectivity index (χ4n) is 1.56. The molecule has 3 N–H and O–H groups in total. The van der Waals surface area contributed by atoms with Crippen LogP contribution >= 0.6 is 23.4 Å². The quantitative estimate of drug-likeness (QED) is 0.666. The molecular formula is C13H16ClN5OS. The molecular weight excluding hydrogens is 310 g/mol. The van der Waals surface area contributed by atoms with Crippen molar-refractivity contribution in [3.63, 3.8) is 0 Å². The van der Waals surface area contributed by atoms with Gasteiger partial charge in [0.25, 0.3) is 0 Å². The molecule has 0 aliphatic carbocycles. The van der Waals surface area contributed by atoms with Crippen LogP contribution in [0.25, 0.3) is 0 Å². The maximum atomic E-state index is 12.2. The third kappa shape index (κ3) is 3.68. The number of carbonyl (C=O) groups excluding carboxylic acids is 1. The van der Waals surface area contributed by atoms with E-state index in [9.17, 15) is 4.79 Å². The molecule has 0 saturated heterocycles. The maximum absolute atomic E-state index is 12.2. The monoisotopic (exact) mass is 325 g/mol. The van der Waals surface area contributed by atoms with Crippen molar-refractivity contribution in [1.82, 2.24) is 14.9 Å². The van der Waals surface area contributed by atoms with E-state index in [1.54, 1.807) is 19.9 Å². The average molecular weight is 326 g/mol. The van der Waals surface area contributed by atoms with Gasteiger partial charge < -0.3 is 11.2 Å². The Morgan fingerprint density at radius 3 is 2.71 bits per heavy atom. The highest BCUT2D eigenvalue weighted by atomic mass is 35.5. The number of amides is 1. The normalized spacial score (nSPS) is 12.2. The van der Waals surface area contributed by atoms with Crippen molar-refractivity contribution in [2.75, 3.05) is 11.2 Å². The molecule has 0 saturated carbocycles. The van der Waals surface area contributed by atoms with Crippen molar-refractivity contribution in [2.24, 2.45) is 0 Å². The van der Waals surface area contributed by atoms with Gasteiger partial charge in [0.05, 0.1) is 5.25 Å². The Morgan fingerprint density at radius 1 is 1.43 bits per heavy atom. The van der Waals surface area contributed by atoms with Crippen LogP contribution in [0.3, 0.4) is 0 Å². The van der Waals surface area contributed by atoms with E-state index in [1.807, 2.05) is 19.1 Å². The molecule has 1 atom stereocenters. The standard InChI is InChI=1S/C13H16ClN5OS/c1-7-4-5-10(6-11(7)14)16-12(20)8(2)21-13-18-17-9(3)19(13)15/h4-6,8H,15H2,1-3H3,(H,16,20)/t8-/m0/s1. The third-order valence-electron chi connectivity index (χ3n) is 2.93. The third-order valence-corrected chi connectivity index (χ3v) is 4.39. The molecule has 0 unspecified atom stereocenters. The van der Waals surface area contributed by atoms with Crippen LogP contribution in [0, 0.1) is 13.8 Å². The molecule has 0 fully saturated rings. The molecule has 1 amide bonds. The van der Waals surface area contributed by atoms with E-state index in [4.69, 9.17) is 17.4 Å². The predicted octanol–water partition coefficient (Wildman–Crippen LogP) is 2.38. The molecule has 112 valence electrons. The van der Waals surface area contributed by atoms with E-state index in [0.29, 0.717) is 21.7 Å². The van der Waals surface area contributed by atoms with Gasteiger partial charge in [-0.05, 0) is 38.5 Å². The van der Waals surface area contributed by atoms with Crippen molar-refractivity contribution >= 4 is 35.0 Å². The van der Waals surface area contributed by atoms with Crippen LogP contribution in [-0.4, -0.2) is 26.0 Å². The molecule has 6 nitrogen and oxygen atoms in total. The summed E-state index contributed by atoms with van der Waals surface area (Å²) in [6.07, 6.45) is 0.